The maximum atomic E-state index is 12.3. The van der Waals surface area contributed by atoms with E-state index in [1.807, 2.05) is 38.1 Å². The zero-order valence-corrected chi connectivity index (χ0v) is 12.4. The summed E-state index contributed by atoms with van der Waals surface area (Å²) >= 11 is 0. The van der Waals surface area contributed by atoms with Crippen molar-refractivity contribution in [1.29, 1.82) is 0 Å². The smallest absolute Gasteiger partial charge is 0.308 e. The Morgan fingerprint density at radius 3 is 2.71 bits per heavy atom. The van der Waals surface area contributed by atoms with Gasteiger partial charge in [-0.2, -0.15) is 0 Å². The summed E-state index contributed by atoms with van der Waals surface area (Å²) < 4.78 is 5.70. The van der Waals surface area contributed by atoms with Gasteiger partial charge in [0.1, 0.15) is 5.75 Å². The van der Waals surface area contributed by atoms with E-state index >= 15 is 0 Å². The lowest BCUT2D eigenvalue weighted by molar-refractivity contribution is -0.141. The van der Waals surface area contributed by atoms with Gasteiger partial charge in [-0.15, -0.1) is 0 Å². The Labute approximate surface area is 124 Å². The Hall–Kier alpha value is -2.04. The molecule has 0 saturated carbocycles. The predicted molar refractivity (Wildman–Crippen MR) is 78.2 cm³/mol. The van der Waals surface area contributed by atoms with Crippen LogP contribution in [0.4, 0.5) is 0 Å². The molecule has 5 heteroatoms. The third-order valence-corrected chi connectivity index (χ3v) is 3.57. The van der Waals surface area contributed by atoms with Crippen LogP contribution in [0.15, 0.2) is 24.3 Å². The van der Waals surface area contributed by atoms with Crippen LogP contribution in [0.1, 0.15) is 25.8 Å². The van der Waals surface area contributed by atoms with Crippen LogP contribution in [0.25, 0.3) is 0 Å². The summed E-state index contributed by atoms with van der Waals surface area (Å²) in [5.74, 6) is -0.585. The van der Waals surface area contributed by atoms with Crippen LogP contribution in [-0.4, -0.2) is 41.1 Å². The van der Waals surface area contributed by atoms with E-state index in [1.165, 1.54) is 0 Å². The van der Waals surface area contributed by atoms with E-state index in [4.69, 9.17) is 9.84 Å². The minimum absolute atomic E-state index is 0.0430. The molecule has 0 aromatic heterocycles. The van der Waals surface area contributed by atoms with E-state index in [9.17, 15) is 9.59 Å². The van der Waals surface area contributed by atoms with Gasteiger partial charge in [-0.3, -0.25) is 9.59 Å². The molecule has 1 amide bonds. The van der Waals surface area contributed by atoms with Gasteiger partial charge in [-0.1, -0.05) is 18.2 Å². The summed E-state index contributed by atoms with van der Waals surface area (Å²) in [4.78, 5) is 24.9. The van der Waals surface area contributed by atoms with Gasteiger partial charge in [0, 0.05) is 18.7 Å². The molecular formula is C16H21NO4. The van der Waals surface area contributed by atoms with Gasteiger partial charge in [0.05, 0.1) is 18.4 Å². The van der Waals surface area contributed by atoms with Crippen molar-refractivity contribution in [2.24, 2.45) is 5.92 Å². The predicted octanol–water partition coefficient (Wildman–Crippen LogP) is 1.95. The Morgan fingerprint density at radius 1 is 1.38 bits per heavy atom. The molecule has 0 spiro atoms. The fourth-order valence-electron chi connectivity index (χ4n) is 2.48. The fraction of sp³-hybridized carbons (Fsp3) is 0.500. The van der Waals surface area contributed by atoms with Crippen molar-refractivity contribution >= 4 is 11.9 Å². The van der Waals surface area contributed by atoms with Crippen LogP contribution < -0.4 is 4.74 Å². The van der Waals surface area contributed by atoms with Crippen LogP contribution in [0.5, 0.6) is 5.75 Å². The summed E-state index contributed by atoms with van der Waals surface area (Å²) in [6.07, 6.45) is 0.824. The number of amides is 1. The van der Waals surface area contributed by atoms with E-state index in [1.54, 1.807) is 4.90 Å². The first-order valence-electron chi connectivity index (χ1n) is 7.22. The number of carbonyl (C=O) groups is 2. The van der Waals surface area contributed by atoms with Crippen LogP contribution >= 0.6 is 0 Å². The Morgan fingerprint density at radius 2 is 2.10 bits per heavy atom. The van der Waals surface area contributed by atoms with Crippen LogP contribution in [0.3, 0.4) is 0 Å². The molecule has 1 aromatic rings. The standard InChI is InChI=1S/C16H21NO4/c1-11(2)21-14-6-4-3-5-12(14)9-15(18)17-8-7-13(10-17)16(19)20/h3-6,11,13H,7-10H2,1-2H3,(H,19,20)/t13-/m1/s1. The minimum Gasteiger partial charge on any atom is -0.491 e. The van der Waals surface area contributed by atoms with Crippen LogP contribution in [0.2, 0.25) is 0 Å². The van der Waals surface area contributed by atoms with E-state index in [2.05, 4.69) is 0 Å². The van der Waals surface area contributed by atoms with Gasteiger partial charge < -0.3 is 14.7 Å². The molecule has 1 aliphatic heterocycles. The molecule has 1 aliphatic rings. The highest BCUT2D eigenvalue weighted by Gasteiger charge is 2.30. The number of carboxylic acids is 1. The first-order valence-corrected chi connectivity index (χ1v) is 7.22. The van der Waals surface area contributed by atoms with Crippen molar-refractivity contribution in [3.63, 3.8) is 0 Å². The monoisotopic (exact) mass is 291 g/mol. The number of likely N-dealkylation sites (tertiary alicyclic amines) is 1. The van der Waals surface area contributed by atoms with Gasteiger partial charge in [-0.05, 0) is 26.3 Å². The number of hydrogen-bond acceptors (Lipinski definition) is 3. The highest BCUT2D eigenvalue weighted by atomic mass is 16.5. The fourth-order valence-corrected chi connectivity index (χ4v) is 2.48. The molecule has 0 radical (unpaired) electrons. The summed E-state index contributed by atoms with van der Waals surface area (Å²) in [5, 5.41) is 8.99. The van der Waals surface area contributed by atoms with Gasteiger partial charge >= 0.3 is 5.97 Å². The van der Waals surface area contributed by atoms with Crippen molar-refractivity contribution in [2.45, 2.75) is 32.8 Å². The van der Waals surface area contributed by atoms with E-state index < -0.39 is 11.9 Å². The molecule has 1 aromatic carbocycles. The Kier molecular flexibility index (Phi) is 4.83. The molecule has 0 bridgehead atoms. The number of nitrogens with zero attached hydrogens (tertiary/aromatic N) is 1. The van der Waals surface area contributed by atoms with E-state index in [-0.39, 0.29) is 18.4 Å². The van der Waals surface area contributed by atoms with Crippen molar-refractivity contribution in [3.05, 3.63) is 29.8 Å². The third kappa shape index (κ3) is 3.97. The lowest BCUT2D eigenvalue weighted by atomic mass is 10.1. The lowest BCUT2D eigenvalue weighted by Crippen LogP contribution is -2.31. The number of carbonyl (C=O) groups excluding carboxylic acids is 1. The zero-order chi connectivity index (χ0) is 15.4. The molecule has 0 aliphatic carbocycles. The highest BCUT2D eigenvalue weighted by Crippen LogP contribution is 2.22. The Balaban J connectivity index is 2.02. The quantitative estimate of drug-likeness (QED) is 0.900. The van der Waals surface area contributed by atoms with Gasteiger partial charge in [0.15, 0.2) is 0 Å². The second-order valence-corrected chi connectivity index (χ2v) is 5.61. The SMILES string of the molecule is CC(C)Oc1ccccc1CC(=O)N1CC[C@@H](C(=O)O)C1. The zero-order valence-electron chi connectivity index (χ0n) is 12.4. The number of aliphatic carboxylic acids is 1. The summed E-state index contributed by atoms with van der Waals surface area (Å²) in [6.45, 7) is 4.71. The first-order chi connectivity index (χ1) is 9.97. The number of ether oxygens (including phenoxy) is 1. The first kappa shape index (κ1) is 15.4. The minimum atomic E-state index is -0.825. The van der Waals surface area contributed by atoms with Gasteiger partial charge in [-0.25, -0.2) is 0 Å². The van der Waals surface area contributed by atoms with Crippen molar-refractivity contribution in [2.75, 3.05) is 13.1 Å². The van der Waals surface area contributed by atoms with Crippen molar-refractivity contribution in [3.8, 4) is 5.75 Å². The lowest BCUT2D eigenvalue weighted by Gasteiger charge is -2.18. The van der Waals surface area contributed by atoms with Crippen LogP contribution in [-0.2, 0) is 16.0 Å². The molecule has 2 rings (SSSR count). The molecule has 1 fully saturated rings. The molecule has 1 atom stereocenters. The number of hydrogen-bond donors (Lipinski definition) is 1. The van der Waals surface area contributed by atoms with Crippen molar-refractivity contribution < 1.29 is 19.4 Å². The Bertz CT molecular complexity index is 527. The molecule has 1 N–H and O–H groups in total. The van der Waals surface area contributed by atoms with Gasteiger partial charge in [0.25, 0.3) is 0 Å². The maximum absolute atomic E-state index is 12.3. The maximum Gasteiger partial charge on any atom is 0.308 e. The van der Waals surface area contributed by atoms with Crippen molar-refractivity contribution in [1.82, 2.24) is 4.90 Å². The highest BCUT2D eigenvalue weighted by molar-refractivity contribution is 5.81. The molecule has 0 unspecified atom stereocenters. The molecule has 21 heavy (non-hydrogen) atoms. The van der Waals surface area contributed by atoms with Gasteiger partial charge in [0.2, 0.25) is 5.91 Å². The molecule has 5 nitrogen and oxygen atoms in total. The molecule has 1 heterocycles. The third-order valence-electron chi connectivity index (χ3n) is 3.57. The normalized spacial score (nSPS) is 18.0. The summed E-state index contributed by atoms with van der Waals surface area (Å²) in [6, 6.07) is 7.48. The number of benzene rings is 1. The number of carboxylic acid groups (broad SMARTS) is 1. The van der Waals surface area contributed by atoms with E-state index in [0.717, 1.165) is 11.3 Å². The molecule has 1 saturated heterocycles. The van der Waals surface area contributed by atoms with Crippen LogP contribution in [0, 0.1) is 5.92 Å². The molecule has 114 valence electrons. The van der Waals surface area contributed by atoms with E-state index in [0.29, 0.717) is 19.5 Å². The number of para-hydroxylation sites is 1. The largest absolute Gasteiger partial charge is 0.491 e. The second kappa shape index (κ2) is 6.61. The summed E-state index contributed by atoms with van der Waals surface area (Å²) in [7, 11) is 0. The summed E-state index contributed by atoms with van der Waals surface area (Å²) in [5.41, 5.74) is 0.843. The average molecular weight is 291 g/mol. The second-order valence-electron chi connectivity index (χ2n) is 5.61. The average Bonchev–Trinajstić information content (AvgIpc) is 2.90. The number of rotatable bonds is 5. The molecular weight excluding hydrogens is 270 g/mol. The topological polar surface area (TPSA) is 66.8 Å².